The van der Waals surface area contributed by atoms with Gasteiger partial charge in [-0.05, 0) is 25.0 Å². The highest BCUT2D eigenvalue weighted by molar-refractivity contribution is 5.68. The lowest BCUT2D eigenvalue weighted by Gasteiger charge is -2.34. The maximum absolute atomic E-state index is 12.2. The van der Waals surface area contributed by atoms with Gasteiger partial charge in [-0.2, -0.15) is 0 Å². The summed E-state index contributed by atoms with van der Waals surface area (Å²) in [6, 6.07) is 19.3. The lowest BCUT2D eigenvalue weighted by atomic mass is 9.97. The van der Waals surface area contributed by atoms with Crippen LogP contribution in [0.4, 0.5) is 0 Å². The monoisotopic (exact) mass is 484 g/mol. The van der Waals surface area contributed by atoms with Crippen molar-refractivity contribution in [1.82, 2.24) is 0 Å². The molecule has 0 radical (unpaired) electrons. The van der Waals surface area contributed by atoms with Crippen molar-refractivity contribution >= 4 is 11.9 Å². The summed E-state index contributed by atoms with van der Waals surface area (Å²) in [7, 11) is 0. The van der Waals surface area contributed by atoms with E-state index in [0.29, 0.717) is 6.61 Å². The predicted octanol–water partition coefficient (Wildman–Crippen LogP) is 3.56. The van der Waals surface area contributed by atoms with E-state index in [9.17, 15) is 9.59 Å². The predicted molar refractivity (Wildman–Crippen MR) is 125 cm³/mol. The maximum Gasteiger partial charge on any atom is 0.303 e. The van der Waals surface area contributed by atoms with Crippen LogP contribution in [0.3, 0.4) is 0 Å². The molecule has 2 aliphatic rings. The van der Waals surface area contributed by atoms with Crippen molar-refractivity contribution in [3.8, 4) is 0 Å². The van der Waals surface area contributed by atoms with Crippen LogP contribution in [0.25, 0.3) is 0 Å². The SMILES string of the molecule is CC(=O)O[C@@H]1[C@@H](OCc2ccccc2)[C@@H]2OC(C)(C)O[C@]2(COCc2ccccc2)[C@@H]1OC(C)=O. The molecule has 0 N–H and O–H groups in total. The number of esters is 2. The van der Waals surface area contributed by atoms with Gasteiger partial charge in [-0.15, -0.1) is 0 Å². The van der Waals surface area contributed by atoms with E-state index in [1.165, 1.54) is 13.8 Å². The first kappa shape index (κ1) is 25.3. The summed E-state index contributed by atoms with van der Waals surface area (Å²) in [5.74, 6) is -2.07. The maximum atomic E-state index is 12.2. The van der Waals surface area contributed by atoms with Crippen LogP contribution in [0.2, 0.25) is 0 Å². The molecule has 0 bridgehead atoms. The van der Waals surface area contributed by atoms with Crippen molar-refractivity contribution in [2.24, 2.45) is 0 Å². The lowest BCUT2D eigenvalue weighted by Crippen LogP contribution is -2.54. The average Bonchev–Trinajstić information content (AvgIpc) is 3.19. The molecule has 2 aromatic rings. The van der Waals surface area contributed by atoms with Gasteiger partial charge in [0, 0.05) is 13.8 Å². The number of carbonyl (C=O) groups is 2. The minimum absolute atomic E-state index is 0.0386. The van der Waals surface area contributed by atoms with Crippen molar-refractivity contribution in [3.63, 3.8) is 0 Å². The third kappa shape index (κ3) is 5.73. The van der Waals surface area contributed by atoms with Gasteiger partial charge in [-0.3, -0.25) is 9.59 Å². The Bertz CT molecular complexity index is 1010. The molecule has 1 aliphatic heterocycles. The van der Waals surface area contributed by atoms with Crippen LogP contribution in [0, 0.1) is 0 Å². The molecule has 0 amide bonds. The molecule has 8 heteroatoms. The third-order valence-electron chi connectivity index (χ3n) is 6.05. The summed E-state index contributed by atoms with van der Waals surface area (Å²) in [5, 5.41) is 0. The Balaban J connectivity index is 1.65. The number of benzene rings is 2. The fraction of sp³-hybridized carbons (Fsp3) is 0.481. The van der Waals surface area contributed by atoms with E-state index in [2.05, 4.69) is 0 Å². The fourth-order valence-corrected chi connectivity index (χ4v) is 4.84. The van der Waals surface area contributed by atoms with Crippen LogP contribution < -0.4 is 0 Å². The Hall–Kier alpha value is -2.78. The van der Waals surface area contributed by atoms with E-state index < -0.39 is 47.7 Å². The van der Waals surface area contributed by atoms with Gasteiger partial charge in [0.2, 0.25) is 0 Å². The summed E-state index contributed by atoms with van der Waals surface area (Å²) < 4.78 is 36.5. The van der Waals surface area contributed by atoms with Gasteiger partial charge in [0.1, 0.15) is 12.2 Å². The summed E-state index contributed by atoms with van der Waals surface area (Å²) in [5.41, 5.74) is 0.675. The first-order chi connectivity index (χ1) is 16.7. The van der Waals surface area contributed by atoms with Crippen molar-refractivity contribution < 1.29 is 38.0 Å². The Labute approximate surface area is 205 Å². The average molecular weight is 485 g/mol. The molecule has 1 saturated carbocycles. The van der Waals surface area contributed by atoms with Gasteiger partial charge >= 0.3 is 11.9 Å². The molecule has 0 aromatic heterocycles. The standard InChI is InChI=1S/C27H32O8/c1-18(28)32-23-22(31-16-21-13-9-6-10-14-21)25-27(24(23)33-19(2)29,35-26(3,4)34-25)17-30-15-20-11-7-5-8-12-20/h5-14,22-25H,15-17H2,1-4H3/t22-,23-,24-,25+,27-/m1/s1. The van der Waals surface area contributed by atoms with E-state index in [4.69, 9.17) is 28.4 Å². The number of hydrogen-bond donors (Lipinski definition) is 0. The molecule has 188 valence electrons. The zero-order chi connectivity index (χ0) is 25.1. The van der Waals surface area contributed by atoms with Crippen LogP contribution in [-0.4, -0.2) is 54.3 Å². The quantitative estimate of drug-likeness (QED) is 0.499. The molecule has 5 atom stereocenters. The van der Waals surface area contributed by atoms with E-state index in [1.54, 1.807) is 13.8 Å². The number of fused-ring (bicyclic) bond motifs is 1. The van der Waals surface area contributed by atoms with Gasteiger partial charge < -0.3 is 28.4 Å². The highest BCUT2D eigenvalue weighted by atomic mass is 16.8. The number of ether oxygens (including phenoxy) is 6. The highest BCUT2D eigenvalue weighted by Gasteiger charge is 2.72. The van der Waals surface area contributed by atoms with Crippen LogP contribution in [-0.2, 0) is 51.2 Å². The highest BCUT2D eigenvalue weighted by Crippen LogP contribution is 2.50. The molecule has 35 heavy (non-hydrogen) atoms. The second kappa shape index (κ2) is 10.5. The fourth-order valence-electron chi connectivity index (χ4n) is 4.84. The zero-order valence-corrected chi connectivity index (χ0v) is 20.5. The first-order valence-electron chi connectivity index (χ1n) is 11.7. The summed E-state index contributed by atoms with van der Waals surface area (Å²) in [6.07, 6.45) is -3.41. The Kier molecular flexibility index (Phi) is 7.56. The van der Waals surface area contributed by atoms with Crippen molar-refractivity contribution in [1.29, 1.82) is 0 Å². The van der Waals surface area contributed by atoms with Crippen LogP contribution in [0.1, 0.15) is 38.8 Å². The van der Waals surface area contributed by atoms with Gasteiger partial charge in [0.05, 0.1) is 19.8 Å². The summed E-state index contributed by atoms with van der Waals surface area (Å²) in [6.45, 7) is 6.77. The molecule has 0 unspecified atom stereocenters. The van der Waals surface area contributed by atoms with E-state index in [-0.39, 0.29) is 13.2 Å². The van der Waals surface area contributed by atoms with Crippen LogP contribution in [0.15, 0.2) is 60.7 Å². The topological polar surface area (TPSA) is 89.5 Å². The Morgan fingerprint density at radius 1 is 0.829 bits per heavy atom. The molecule has 8 nitrogen and oxygen atoms in total. The van der Waals surface area contributed by atoms with Gasteiger partial charge in [-0.1, -0.05) is 60.7 Å². The second-order valence-electron chi connectivity index (χ2n) is 9.34. The number of hydrogen-bond acceptors (Lipinski definition) is 8. The van der Waals surface area contributed by atoms with Gasteiger partial charge in [0.15, 0.2) is 23.6 Å². The minimum Gasteiger partial charge on any atom is -0.456 e. The minimum atomic E-state index is -1.24. The van der Waals surface area contributed by atoms with Crippen molar-refractivity contribution in [2.45, 2.75) is 76.7 Å². The van der Waals surface area contributed by atoms with Crippen molar-refractivity contribution in [3.05, 3.63) is 71.8 Å². The smallest absolute Gasteiger partial charge is 0.303 e. The molecule has 2 fully saturated rings. The van der Waals surface area contributed by atoms with Crippen molar-refractivity contribution in [2.75, 3.05) is 6.61 Å². The van der Waals surface area contributed by atoms with Crippen LogP contribution >= 0.6 is 0 Å². The lowest BCUT2D eigenvalue weighted by molar-refractivity contribution is -0.233. The normalized spacial score (nSPS) is 28.9. The summed E-state index contributed by atoms with van der Waals surface area (Å²) in [4.78, 5) is 24.2. The van der Waals surface area contributed by atoms with Gasteiger partial charge in [0.25, 0.3) is 0 Å². The molecule has 2 aromatic carbocycles. The van der Waals surface area contributed by atoms with E-state index in [0.717, 1.165) is 11.1 Å². The molecule has 0 spiro atoms. The first-order valence-corrected chi connectivity index (χ1v) is 11.7. The second-order valence-corrected chi connectivity index (χ2v) is 9.34. The zero-order valence-electron chi connectivity index (χ0n) is 20.5. The number of rotatable bonds is 9. The Morgan fingerprint density at radius 2 is 1.40 bits per heavy atom. The third-order valence-corrected chi connectivity index (χ3v) is 6.05. The van der Waals surface area contributed by atoms with E-state index >= 15 is 0 Å². The number of carbonyl (C=O) groups excluding carboxylic acids is 2. The molecule has 1 aliphatic carbocycles. The molecular formula is C27H32O8. The molecular weight excluding hydrogens is 452 g/mol. The van der Waals surface area contributed by atoms with Gasteiger partial charge in [-0.25, -0.2) is 0 Å². The summed E-state index contributed by atoms with van der Waals surface area (Å²) >= 11 is 0. The van der Waals surface area contributed by atoms with Crippen LogP contribution in [0.5, 0.6) is 0 Å². The molecule has 4 rings (SSSR count). The Morgan fingerprint density at radius 3 is 1.97 bits per heavy atom. The largest absolute Gasteiger partial charge is 0.456 e. The molecule has 1 heterocycles. The van der Waals surface area contributed by atoms with E-state index in [1.807, 2.05) is 60.7 Å². The molecule has 1 saturated heterocycles.